The van der Waals surface area contributed by atoms with E-state index in [-0.39, 0.29) is 18.3 Å². The molecular weight excluding hydrogens is 373 g/mol. The van der Waals surface area contributed by atoms with E-state index in [0.717, 1.165) is 18.3 Å². The second kappa shape index (κ2) is 8.81. The van der Waals surface area contributed by atoms with Crippen LogP contribution < -0.4 is 10.6 Å². The number of hydrogen-bond donors (Lipinski definition) is 2. The van der Waals surface area contributed by atoms with Gasteiger partial charge in [-0.25, -0.2) is 9.78 Å². The first-order chi connectivity index (χ1) is 13.4. The van der Waals surface area contributed by atoms with Gasteiger partial charge in [-0.2, -0.15) is 13.2 Å². The number of anilines is 3. The first kappa shape index (κ1) is 19.8. The SMILES string of the molecule is O=C1OCCCN1CCCNc1cc(Nc2ccccc2)ncc1C(F)(F)F. The molecule has 2 N–H and O–H groups in total. The van der Waals surface area contributed by atoms with Gasteiger partial charge in [0.05, 0.1) is 17.9 Å². The molecule has 1 amide bonds. The summed E-state index contributed by atoms with van der Waals surface area (Å²) in [5.41, 5.74) is -0.157. The molecule has 9 heteroatoms. The number of halogens is 3. The molecule has 0 bridgehead atoms. The van der Waals surface area contributed by atoms with Crippen molar-refractivity contribution in [3.63, 3.8) is 0 Å². The number of nitrogens with zero attached hydrogens (tertiary/aromatic N) is 2. The summed E-state index contributed by atoms with van der Waals surface area (Å²) in [5.74, 6) is 0.307. The Hall–Kier alpha value is -2.97. The Kier molecular flexibility index (Phi) is 6.23. The monoisotopic (exact) mass is 394 g/mol. The van der Waals surface area contributed by atoms with Gasteiger partial charge in [0, 0.05) is 37.6 Å². The van der Waals surface area contributed by atoms with Crippen LogP contribution in [0.4, 0.5) is 35.2 Å². The van der Waals surface area contributed by atoms with Crippen LogP contribution in [0.15, 0.2) is 42.6 Å². The van der Waals surface area contributed by atoms with Crippen molar-refractivity contribution in [2.75, 3.05) is 36.9 Å². The lowest BCUT2D eigenvalue weighted by Gasteiger charge is -2.26. The average Bonchev–Trinajstić information content (AvgIpc) is 2.66. The first-order valence-corrected chi connectivity index (χ1v) is 8.98. The van der Waals surface area contributed by atoms with Gasteiger partial charge >= 0.3 is 12.3 Å². The van der Waals surface area contributed by atoms with E-state index in [1.165, 1.54) is 6.07 Å². The summed E-state index contributed by atoms with van der Waals surface area (Å²) in [4.78, 5) is 17.0. The van der Waals surface area contributed by atoms with Crippen LogP contribution in [0.5, 0.6) is 0 Å². The molecule has 0 atom stereocenters. The third-order valence-electron chi connectivity index (χ3n) is 4.23. The van der Waals surface area contributed by atoms with Crippen molar-refractivity contribution in [1.29, 1.82) is 0 Å². The predicted molar refractivity (Wildman–Crippen MR) is 99.6 cm³/mol. The molecule has 1 aromatic carbocycles. The van der Waals surface area contributed by atoms with E-state index in [0.29, 0.717) is 31.9 Å². The topological polar surface area (TPSA) is 66.5 Å². The second-order valence-electron chi connectivity index (χ2n) is 6.34. The van der Waals surface area contributed by atoms with Crippen molar-refractivity contribution < 1.29 is 22.7 Å². The Balaban J connectivity index is 1.64. The lowest BCUT2D eigenvalue weighted by Crippen LogP contribution is -2.38. The van der Waals surface area contributed by atoms with Crippen molar-refractivity contribution >= 4 is 23.3 Å². The number of carbonyl (C=O) groups excluding carboxylic acids is 1. The molecule has 2 heterocycles. The smallest absolute Gasteiger partial charge is 0.419 e. The molecule has 1 aromatic heterocycles. The minimum absolute atomic E-state index is 0.0536. The zero-order chi connectivity index (χ0) is 20.0. The number of rotatable bonds is 7. The molecule has 1 aliphatic heterocycles. The van der Waals surface area contributed by atoms with Crippen LogP contribution in [0.2, 0.25) is 0 Å². The van der Waals surface area contributed by atoms with Crippen molar-refractivity contribution in [3.8, 4) is 0 Å². The summed E-state index contributed by atoms with van der Waals surface area (Å²) in [6.07, 6.45) is -2.82. The Morgan fingerprint density at radius 1 is 1.21 bits per heavy atom. The normalized spacial score (nSPS) is 14.5. The number of hydrogen-bond acceptors (Lipinski definition) is 5. The van der Waals surface area contributed by atoms with Crippen molar-refractivity contribution in [1.82, 2.24) is 9.88 Å². The predicted octanol–water partition coefficient (Wildman–Crippen LogP) is 4.49. The minimum Gasteiger partial charge on any atom is -0.449 e. The molecule has 2 aromatic rings. The number of benzene rings is 1. The number of amides is 1. The van der Waals surface area contributed by atoms with Gasteiger partial charge in [0.1, 0.15) is 5.82 Å². The van der Waals surface area contributed by atoms with E-state index >= 15 is 0 Å². The second-order valence-corrected chi connectivity index (χ2v) is 6.34. The van der Waals surface area contributed by atoms with E-state index in [4.69, 9.17) is 4.74 Å². The molecule has 0 radical (unpaired) electrons. The number of aromatic nitrogens is 1. The molecule has 150 valence electrons. The molecule has 28 heavy (non-hydrogen) atoms. The van der Waals surface area contributed by atoms with Gasteiger partial charge < -0.3 is 20.3 Å². The fraction of sp³-hybridized carbons (Fsp3) is 0.368. The lowest BCUT2D eigenvalue weighted by atomic mass is 10.2. The molecule has 0 unspecified atom stereocenters. The highest BCUT2D eigenvalue weighted by atomic mass is 19.4. The van der Waals surface area contributed by atoms with Gasteiger partial charge in [-0.1, -0.05) is 18.2 Å². The van der Waals surface area contributed by atoms with E-state index in [1.807, 2.05) is 18.2 Å². The van der Waals surface area contributed by atoms with E-state index in [9.17, 15) is 18.0 Å². The Morgan fingerprint density at radius 3 is 2.71 bits per heavy atom. The molecule has 0 spiro atoms. The number of alkyl halides is 3. The average molecular weight is 394 g/mol. The molecule has 1 fully saturated rings. The maximum absolute atomic E-state index is 13.3. The standard InChI is InChI=1S/C19H21F3N4O2/c20-19(21,22)15-13-24-17(25-14-6-2-1-3-7-14)12-16(15)23-8-4-9-26-10-5-11-28-18(26)27/h1-3,6-7,12-13H,4-5,8-11H2,(H2,23,24,25). The Morgan fingerprint density at radius 2 is 2.00 bits per heavy atom. The highest BCUT2D eigenvalue weighted by Crippen LogP contribution is 2.35. The summed E-state index contributed by atoms with van der Waals surface area (Å²) in [6, 6.07) is 10.4. The van der Waals surface area contributed by atoms with Gasteiger partial charge in [0.15, 0.2) is 0 Å². The molecular formula is C19H21F3N4O2. The Bertz CT molecular complexity index is 800. The third kappa shape index (κ3) is 5.28. The summed E-state index contributed by atoms with van der Waals surface area (Å²) in [7, 11) is 0. The maximum Gasteiger partial charge on any atom is 0.419 e. The van der Waals surface area contributed by atoms with Crippen molar-refractivity contribution in [3.05, 3.63) is 48.2 Å². The zero-order valence-electron chi connectivity index (χ0n) is 15.1. The number of carbonyl (C=O) groups is 1. The number of cyclic esters (lactones) is 1. The minimum atomic E-state index is -4.52. The van der Waals surface area contributed by atoms with Crippen LogP contribution >= 0.6 is 0 Å². The van der Waals surface area contributed by atoms with Crippen molar-refractivity contribution in [2.45, 2.75) is 19.0 Å². The summed E-state index contributed by atoms with van der Waals surface area (Å²) >= 11 is 0. The van der Waals surface area contributed by atoms with Gasteiger partial charge in [0.25, 0.3) is 0 Å². The molecule has 1 aliphatic rings. The third-order valence-corrected chi connectivity index (χ3v) is 4.23. The zero-order valence-corrected chi connectivity index (χ0v) is 15.1. The van der Waals surface area contributed by atoms with Crippen LogP contribution in [0.25, 0.3) is 0 Å². The summed E-state index contributed by atoms with van der Waals surface area (Å²) < 4.78 is 44.8. The first-order valence-electron chi connectivity index (χ1n) is 8.98. The largest absolute Gasteiger partial charge is 0.449 e. The molecule has 0 saturated carbocycles. The summed E-state index contributed by atoms with van der Waals surface area (Å²) in [6.45, 7) is 1.72. The number of nitrogens with one attached hydrogen (secondary N) is 2. The number of para-hydroxylation sites is 1. The highest BCUT2D eigenvalue weighted by Gasteiger charge is 2.34. The highest BCUT2D eigenvalue weighted by molar-refractivity contribution is 5.68. The fourth-order valence-electron chi connectivity index (χ4n) is 2.86. The lowest BCUT2D eigenvalue weighted by molar-refractivity contribution is -0.137. The van der Waals surface area contributed by atoms with Gasteiger partial charge in [-0.05, 0) is 25.0 Å². The van der Waals surface area contributed by atoms with Gasteiger partial charge in [-0.15, -0.1) is 0 Å². The van der Waals surface area contributed by atoms with Crippen LogP contribution in [0, 0.1) is 0 Å². The van der Waals surface area contributed by atoms with Crippen molar-refractivity contribution in [2.24, 2.45) is 0 Å². The molecule has 0 aliphatic carbocycles. The van der Waals surface area contributed by atoms with Gasteiger partial charge in [0.2, 0.25) is 0 Å². The van der Waals surface area contributed by atoms with Crippen LogP contribution in [-0.4, -0.2) is 42.2 Å². The number of ether oxygens (including phenoxy) is 1. The van der Waals surface area contributed by atoms with Crippen LogP contribution in [0.1, 0.15) is 18.4 Å². The molecule has 1 saturated heterocycles. The van der Waals surface area contributed by atoms with E-state index < -0.39 is 11.7 Å². The Labute approximate surface area is 160 Å². The fourth-order valence-corrected chi connectivity index (χ4v) is 2.86. The van der Waals surface area contributed by atoms with Gasteiger partial charge in [-0.3, -0.25) is 0 Å². The quantitative estimate of drug-likeness (QED) is 0.678. The number of pyridine rings is 1. The van der Waals surface area contributed by atoms with E-state index in [1.54, 1.807) is 17.0 Å². The summed E-state index contributed by atoms with van der Waals surface area (Å²) in [5, 5.41) is 5.80. The van der Waals surface area contributed by atoms with Crippen LogP contribution in [0.3, 0.4) is 0 Å². The van der Waals surface area contributed by atoms with E-state index in [2.05, 4.69) is 15.6 Å². The van der Waals surface area contributed by atoms with Crippen LogP contribution in [-0.2, 0) is 10.9 Å². The maximum atomic E-state index is 13.3. The molecule has 6 nitrogen and oxygen atoms in total. The molecule has 3 rings (SSSR count).